The lowest BCUT2D eigenvalue weighted by atomic mass is 9.93. The number of rotatable bonds is 5. The summed E-state index contributed by atoms with van der Waals surface area (Å²) in [6.07, 6.45) is 3.22. The van der Waals surface area contributed by atoms with E-state index in [1.54, 1.807) is 16.8 Å². The van der Waals surface area contributed by atoms with E-state index in [2.05, 4.69) is 0 Å². The topological polar surface area (TPSA) is 126 Å². The molecule has 0 saturated carbocycles. The fourth-order valence-corrected chi connectivity index (χ4v) is 4.02. The van der Waals surface area contributed by atoms with Crippen LogP contribution in [-0.4, -0.2) is 95.6 Å². The number of likely N-dealkylation sites (tertiary alicyclic amines) is 2. The highest BCUT2D eigenvalue weighted by Gasteiger charge is 2.29. The van der Waals surface area contributed by atoms with Crippen LogP contribution in [0.15, 0.2) is 0 Å². The maximum absolute atomic E-state index is 11.9. The molecule has 0 aromatic rings. The number of piperidine rings is 2. The Hall–Kier alpha value is -2.56. The van der Waals surface area contributed by atoms with Gasteiger partial charge < -0.3 is 24.4 Å². The van der Waals surface area contributed by atoms with Gasteiger partial charge in [-0.2, -0.15) is 0 Å². The van der Waals surface area contributed by atoms with Gasteiger partial charge in [-0.1, -0.05) is 0 Å². The molecule has 2 fully saturated rings. The molecular weight excluding hydrogens is 482 g/mol. The molecule has 0 aromatic carbocycles. The monoisotopic (exact) mass is 529 g/mol. The van der Waals surface area contributed by atoms with E-state index in [9.17, 15) is 19.2 Å². The third-order valence-corrected chi connectivity index (χ3v) is 6.08. The van der Waals surface area contributed by atoms with Crippen LogP contribution in [0.5, 0.6) is 0 Å². The van der Waals surface area contributed by atoms with Crippen LogP contribution in [0.2, 0.25) is 0 Å². The molecule has 0 bridgehead atoms. The first-order valence-corrected chi connectivity index (χ1v) is 13.0. The fraction of sp³-hybridized carbons (Fsp3) is 0.846. The number of amides is 3. The highest BCUT2D eigenvalue weighted by Crippen LogP contribution is 2.23. The average Bonchev–Trinajstić information content (AvgIpc) is 2.77. The number of hydrogen-bond donors (Lipinski definition) is 1. The molecule has 0 spiro atoms. The summed E-state index contributed by atoms with van der Waals surface area (Å²) in [7, 11) is 3.08. The van der Waals surface area contributed by atoms with Crippen LogP contribution in [0, 0.1) is 11.8 Å². The molecule has 3 amide bonds. The van der Waals surface area contributed by atoms with Crippen LogP contribution in [-0.2, 0) is 23.9 Å². The van der Waals surface area contributed by atoms with Gasteiger partial charge in [0.15, 0.2) is 0 Å². The molecule has 0 radical (unpaired) electrons. The Morgan fingerprint density at radius 2 is 1.11 bits per heavy atom. The zero-order chi connectivity index (χ0) is 28.4. The fourth-order valence-electron chi connectivity index (χ4n) is 4.02. The van der Waals surface area contributed by atoms with Crippen molar-refractivity contribution < 1.29 is 38.6 Å². The van der Waals surface area contributed by atoms with Crippen LogP contribution >= 0.6 is 0 Å². The number of ether oxygens (including phenoxy) is 2. The third-order valence-electron chi connectivity index (χ3n) is 6.08. The molecule has 2 aliphatic heterocycles. The van der Waals surface area contributed by atoms with Crippen molar-refractivity contribution in [2.75, 3.05) is 40.3 Å². The summed E-state index contributed by atoms with van der Waals surface area (Å²) in [5.74, 6) is -0.297. The number of carbonyl (C=O) groups excluding carboxylic acids is 3. The second kappa shape index (κ2) is 14.4. The summed E-state index contributed by atoms with van der Waals surface area (Å²) in [4.78, 5) is 54.2. The standard InChI is InChI=1S/C14H26N2O4.C12H21NO4/c1-14(2,3)20-13(18)16-8-6-11(7-9-16)10-12(17)15(4)19-5;1-12(2,3)17-11(16)13-6-4-9(5-7-13)8-10(14)15/h11H,6-10H2,1-5H3;9H,4-8H2,1-3H3,(H,14,15). The van der Waals surface area contributed by atoms with E-state index >= 15 is 0 Å². The first kappa shape index (κ1) is 32.5. The molecule has 0 aromatic heterocycles. The molecule has 2 rings (SSSR count). The van der Waals surface area contributed by atoms with Gasteiger partial charge in [-0.3, -0.25) is 14.4 Å². The van der Waals surface area contributed by atoms with Crippen LogP contribution in [0.4, 0.5) is 9.59 Å². The molecule has 37 heavy (non-hydrogen) atoms. The summed E-state index contributed by atoms with van der Waals surface area (Å²) in [6.45, 7) is 13.5. The number of carbonyl (C=O) groups is 4. The number of aliphatic carboxylic acids is 1. The zero-order valence-electron chi connectivity index (χ0n) is 23.9. The second-order valence-electron chi connectivity index (χ2n) is 11.7. The van der Waals surface area contributed by atoms with Gasteiger partial charge in [0, 0.05) is 46.1 Å². The molecule has 2 saturated heterocycles. The largest absolute Gasteiger partial charge is 0.481 e. The molecule has 2 heterocycles. The van der Waals surface area contributed by atoms with Crippen molar-refractivity contribution in [2.45, 2.75) is 91.3 Å². The minimum absolute atomic E-state index is 0.0248. The van der Waals surface area contributed by atoms with Crippen molar-refractivity contribution in [3.05, 3.63) is 0 Å². The number of hydroxylamine groups is 2. The lowest BCUT2D eigenvalue weighted by Gasteiger charge is -2.33. The maximum Gasteiger partial charge on any atom is 0.410 e. The lowest BCUT2D eigenvalue weighted by molar-refractivity contribution is -0.170. The summed E-state index contributed by atoms with van der Waals surface area (Å²) in [6, 6.07) is 0. The van der Waals surface area contributed by atoms with Gasteiger partial charge in [0.1, 0.15) is 11.2 Å². The van der Waals surface area contributed by atoms with Gasteiger partial charge in [-0.25, -0.2) is 14.7 Å². The van der Waals surface area contributed by atoms with E-state index in [4.69, 9.17) is 19.4 Å². The molecular formula is C26H47N3O8. The van der Waals surface area contributed by atoms with E-state index in [1.165, 1.54) is 12.2 Å². The highest BCUT2D eigenvalue weighted by molar-refractivity contribution is 5.75. The van der Waals surface area contributed by atoms with Crippen molar-refractivity contribution in [3.63, 3.8) is 0 Å². The maximum atomic E-state index is 11.9. The number of carboxylic acids is 1. The molecule has 0 aliphatic carbocycles. The SMILES string of the molecule is CC(C)(C)OC(=O)N1CCC(CC(=O)O)CC1.CON(C)C(=O)CC1CCN(C(=O)OC(C)(C)C)CC1. The number of nitrogens with zero attached hydrogens (tertiary/aromatic N) is 3. The van der Waals surface area contributed by atoms with Crippen molar-refractivity contribution in [3.8, 4) is 0 Å². The minimum atomic E-state index is -0.763. The molecule has 0 unspecified atom stereocenters. The Labute approximate surface area is 221 Å². The van der Waals surface area contributed by atoms with Crippen molar-refractivity contribution >= 4 is 24.1 Å². The third kappa shape index (κ3) is 13.5. The Balaban J connectivity index is 0.000000375. The molecule has 2 aliphatic rings. The van der Waals surface area contributed by atoms with E-state index in [0.29, 0.717) is 38.5 Å². The lowest BCUT2D eigenvalue weighted by Crippen LogP contribution is -2.42. The van der Waals surface area contributed by atoms with Gasteiger partial charge in [0.05, 0.1) is 7.11 Å². The first-order chi connectivity index (χ1) is 17.0. The van der Waals surface area contributed by atoms with E-state index in [-0.39, 0.29) is 30.4 Å². The van der Waals surface area contributed by atoms with Crippen molar-refractivity contribution in [1.29, 1.82) is 0 Å². The molecule has 0 atom stereocenters. The Bertz CT molecular complexity index is 759. The van der Waals surface area contributed by atoms with Crippen molar-refractivity contribution in [1.82, 2.24) is 14.9 Å². The zero-order valence-corrected chi connectivity index (χ0v) is 23.9. The summed E-state index contributed by atoms with van der Waals surface area (Å²) in [5.41, 5.74) is -0.944. The van der Waals surface area contributed by atoms with Crippen LogP contribution in [0.3, 0.4) is 0 Å². The van der Waals surface area contributed by atoms with Gasteiger partial charge in [-0.15, -0.1) is 0 Å². The normalized spacial score (nSPS) is 17.4. The van der Waals surface area contributed by atoms with E-state index < -0.39 is 17.2 Å². The van der Waals surface area contributed by atoms with Gasteiger partial charge in [-0.05, 0) is 79.1 Å². The molecule has 11 heteroatoms. The van der Waals surface area contributed by atoms with E-state index in [1.807, 2.05) is 41.5 Å². The first-order valence-electron chi connectivity index (χ1n) is 13.0. The molecule has 11 nitrogen and oxygen atoms in total. The number of carboxylic acid groups (broad SMARTS) is 1. The Morgan fingerprint density at radius 3 is 1.41 bits per heavy atom. The summed E-state index contributed by atoms with van der Waals surface area (Å²) >= 11 is 0. The van der Waals surface area contributed by atoms with E-state index in [0.717, 1.165) is 25.7 Å². The molecule has 214 valence electrons. The molecule has 1 N–H and O–H groups in total. The van der Waals surface area contributed by atoms with Crippen LogP contribution < -0.4 is 0 Å². The Kier molecular flexibility index (Phi) is 12.6. The van der Waals surface area contributed by atoms with Gasteiger partial charge in [0.2, 0.25) is 5.91 Å². The minimum Gasteiger partial charge on any atom is -0.481 e. The predicted octanol–water partition coefficient (Wildman–Crippen LogP) is 4.15. The Morgan fingerprint density at radius 1 is 0.757 bits per heavy atom. The highest BCUT2D eigenvalue weighted by atomic mass is 16.7. The average molecular weight is 530 g/mol. The summed E-state index contributed by atoms with van der Waals surface area (Å²) in [5, 5.41) is 9.94. The van der Waals surface area contributed by atoms with Gasteiger partial charge in [0.25, 0.3) is 0 Å². The van der Waals surface area contributed by atoms with Gasteiger partial charge >= 0.3 is 18.2 Å². The quantitative estimate of drug-likeness (QED) is 0.527. The number of hydrogen-bond acceptors (Lipinski definition) is 7. The summed E-state index contributed by atoms with van der Waals surface area (Å²) < 4.78 is 10.6. The van der Waals surface area contributed by atoms with Crippen LogP contribution in [0.1, 0.15) is 80.1 Å². The predicted molar refractivity (Wildman–Crippen MR) is 138 cm³/mol. The van der Waals surface area contributed by atoms with Crippen LogP contribution in [0.25, 0.3) is 0 Å². The smallest absolute Gasteiger partial charge is 0.410 e. The second-order valence-corrected chi connectivity index (χ2v) is 11.7. The van der Waals surface area contributed by atoms with Crippen molar-refractivity contribution in [2.24, 2.45) is 11.8 Å².